The van der Waals surface area contributed by atoms with E-state index in [9.17, 15) is 0 Å². The van der Waals surface area contributed by atoms with Gasteiger partial charge in [-0.15, -0.1) is 10.2 Å². The van der Waals surface area contributed by atoms with Crippen LogP contribution in [-0.2, 0) is 0 Å². The number of nitrogens with zero attached hydrogens (tertiary/aromatic N) is 6. The number of benzene rings is 1. The van der Waals surface area contributed by atoms with Crippen molar-refractivity contribution in [2.24, 2.45) is 5.92 Å². The number of fused-ring (bicyclic) bond motifs is 4. The molecule has 0 radical (unpaired) electrons. The van der Waals surface area contributed by atoms with Crippen molar-refractivity contribution in [1.82, 2.24) is 30.1 Å². The first-order valence-electron chi connectivity index (χ1n) is 12.3. The van der Waals surface area contributed by atoms with Gasteiger partial charge in [-0.1, -0.05) is 25.1 Å². The van der Waals surface area contributed by atoms with Gasteiger partial charge < -0.3 is 20.3 Å². The van der Waals surface area contributed by atoms with Gasteiger partial charge in [0.15, 0.2) is 5.75 Å². The average molecular weight is 459 g/mol. The number of hydrogen-bond acceptors (Lipinski definition) is 8. The molecule has 0 unspecified atom stereocenters. The summed E-state index contributed by atoms with van der Waals surface area (Å²) in [6.45, 7) is 7.79. The zero-order valence-corrected chi connectivity index (χ0v) is 19.5. The second kappa shape index (κ2) is 9.06. The summed E-state index contributed by atoms with van der Waals surface area (Å²) < 4.78 is 7.75. The highest BCUT2D eigenvalue weighted by Gasteiger charge is 2.24. The maximum Gasteiger partial charge on any atom is 0.222 e. The van der Waals surface area contributed by atoms with Crippen molar-refractivity contribution in [2.45, 2.75) is 26.2 Å². The highest BCUT2D eigenvalue weighted by atomic mass is 16.5. The SMILES string of the molecule is CCCN1CCOc2c1cnn1c(-c3ccc4cccc(NCC5CCNCC5)c4n3)nnc21. The number of nitrogens with one attached hydrogen (secondary N) is 2. The van der Waals surface area contributed by atoms with Crippen molar-refractivity contribution in [3.8, 4) is 17.3 Å². The molecule has 1 saturated heterocycles. The molecule has 6 rings (SSSR count). The molecular weight excluding hydrogens is 428 g/mol. The smallest absolute Gasteiger partial charge is 0.222 e. The number of ether oxygens (including phenoxy) is 1. The van der Waals surface area contributed by atoms with Crippen molar-refractivity contribution in [2.75, 3.05) is 49.5 Å². The van der Waals surface area contributed by atoms with Crippen LogP contribution in [0.25, 0.3) is 28.1 Å². The third-order valence-electron chi connectivity index (χ3n) is 6.80. The zero-order valence-electron chi connectivity index (χ0n) is 19.5. The van der Waals surface area contributed by atoms with Gasteiger partial charge in [-0.3, -0.25) is 0 Å². The van der Waals surface area contributed by atoms with Crippen molar-refractivity contribution in [1.29, 1.82) is 0 Å². The fourth-order valence-electron chi connectivity index (χ4n) is 4.97. The Balaban J connectivity index is 1.35. The van der Waals surface area contributed by atoms with Crippen LogP contribution >= 0.6 is 0 Å². The number of hydrogen-bond donors (Lipinski definition) is 2. The van der Waals surface area contributed by atoms with E-state index in [1.54, 1.807) is 4.52 Å². The number of aromatic nitrogens is 5. The van der Waals surface area contributed by atoms with Gasteiger partial charge in [0, 0.05) is 18.5 Å². The summed E-state index contributed by atoms with van der Waals surface area (Å²) in [4.78, 5) is 7.30. The van der Waals surface area contributed by atoms with Crippen LogP contribution in [-0.4, -0.2) is 64.1 Å². The molecule has 34 heavy (non-hydrogen) atoms. The van der Waals surface area contributed by atoms with Gasteiger partial charge in [0.05, 0.1) is 23.9 Å². The van der Waals surface area contributed by atoms with Gasteiger partial charge in [-0.25, -0.2) is 4.98 Å². The lowest BCUT2D eigenvalue weighted by atomic mass is 9.98. The number of anilines is 2. The molecule has 3 aromatic heterocycles. The molecule has 5 heterocycles. The lowest BCUT2D eigenvalue weighted by Crippen LogP contribution is -2.33. The normalized spacial score (nSPS) is 16.6. The summed E-state index contributed by atoms with van der Waals surface area (Å²) in [5.41, 5.74) is 4.34. The number of rotatable bonds is 6. The molecule has 176 valence electrons. The molecule has 0 bridgehead atoms. The second-order valence-corrected chi connectivity index (χ2v) is 9.10. The average Bonchev–Trinajstić information content (AvgIpc) is 3.33. The standard InChI is InChI=1S/C25H30N8O/c1-2-12-32-13-14-34-23-21(32)16-28-33-24(30-31-25(23)33)20-7-6-18-4-3-5-19(22(18)29-20)27-15-17-8-10-26-11-9-17/h3-7,16-17,26-27H,2,8-15H2,1H3. The van der Waals surface area contributed by atoms with E-state index in [4.69, 9.17) is 9.72 Å². The Kier molecular flexibility index (Phi) is 5.62. The lowest BCUT2D eigenvalue weighted by Gasteiger charge is -2.30. The summed E-state index contributed by atoms with van der Waals surface area (Å²) in [5, 5.41) is 21.8. The van der Waals surface area contributed by atoms with Crippen LogP contribution in [0.2, 0.25) is 0 Å². The summed E-state index contributed by atoms with van der Waals surface area (Å²) in [6, 6.07) is 10.3. The highest BCUT2D eigenvalue weighted by Crippen LogP contribution is 2.35. The third kappa shape index (κ3) is 3.79. The Morgan fingerprint density at radius 3 is 2.94 bits per heavy atom. The van der Waals surface area contributed by atoms with Gasteiger partial charge in [0.25, 0.3) is 0 Å². The van der Waals surface area contributed by atoms with Crippen molar-refractivity contribution in [3.05, 3.63) is 36.5 Å². The Hall–Kier alpha value is -3.46. The Labute approximate surface area is 198 Å². The molecule has 0 amide bonds. The third-order valence-corrected chi connectivity index (χ3v) is 6.80. The van der Waals surface area contributed by atoms with E-state index in [0.29, 0.717) is 24.0 Å². The lowest BCUT2D eigenvalue weighted by molar-refractivity contribution is 0.308. The largest absolute Gasteiger partial charge is 0.486 e. The van der Waals surface area contributed by atoms with E-state index in [2.05, 4.69) is 62.0 Å². The first-order valence-corrected chi connectivity index (χ1v) is 12.3. The van der Waals surface area contributed by atoms with Crippen LogP contribution in [0, 0.1) is 5.92 Å². The summed E-state index contributed by atoms with van der Waals surface area (Å²) in [7, 11) is 0. The molecule has 1 aromatic carbocycles. The van der Waals surface area contributed by atoms with Gasteiger partial charge >= 0.3 is 0 Å². The van der Waals surface area contributed by atoms with Crippen molar-refractivity contribution >= 4 is 27.9 Å². The molecule has 0 spiro atoms. The minimum atomic E-state index is 0.615. The molecule has 9 nitrogen and oxygen atoms in total. The fraction of sp³-hybridized carbons (Fsp3) is 0.440. The fourth-order valence-corrected chi connectivity index (χ4v) is 4.97. The summed E-state index contributed by atoms with van der Waals surface area (Å²) in [6.07, 6.45) is 5.33. The molecule has 2 aliphatic rings. The van der Waals surface area contributed by atoms with Crippen LogP contribution in [0.1, 0.15) is 26.2 Å². The van der Waals surface area contributed by atoms with Crippen LogP contribution in [0.4, 0.5) is 11.4 Å². The van der Waals surface area contributed by atoms with Crippen LogP contribution in [0.5, 0.6) is 5.75 Å². The van der Waals surface area contributed by atoms with E-state index in [1.807, 2.05) is 12.3 Å². The Morgan fingerprint density at radius 2 is 2.06 bits per heavy atom. The maximum atomic E-state index is 6.00. The first kappa shape index (κ1) is 21.1. The number of pyridine rings is 1. The summed E-state index contributed by atoms with van der Waals surface area (Å²) in [5.74, 6) is 2.05. The number of para-hydroxylation sites is 1. The molecule has 0 atom stereocenters. The highest BCUT2D eigenvalue weighted by molar-refractivity contribution is 5.91. The molecule has 2 aliphatic heterocycles. The van der Waals surface area contributed by atoms with E-state index >= 15 is 0 Å². The quantitative estimate of drug-likeness (QED) is 0.454. The van der Waals surface area contributed by atoms with Gasteiger partial charge in [-0.2, -0.15) is 9.61 Å². The predicted molar refractivity (Wildman–Crippen MR) is 134 cm³/mol. The number of piperidine rings is 1. The first-order chi connectivity index (χ1) is 16.8. The van der Waals surface area contributed by atoms with Crippen molar-refractivity contribution < 1.29 is 4.74 Å². The van der Waals surface area contributed by atoms with Crippen LogP contribution in [0.3, 0.4) is 0 Å². The zero-order chi connectivity index (χ0) is 22.9. The van der Waals surface area contributed by atoms with Crippen LogP contribution < -0.4 is 20.3 Å². The topological polar surface area (TPSA) is 92.5 Å². The van der Waals surface area contributed by atoms with Crippen molar-refractivity contribution in [3.63, 3.8) is 0 Å². The molecule has 0 saturated carbocycles. The molecule has 4 aromatic rings. The Morgan fingerprint density at radius 1 is 1.15 bits per heavy atom. The predicted octanol–water partition coefficient (Wildman–Crippen LogP) is 3.36. The minimum Gasteiger partial charge on any atom is -0.486 e. The van der Waals surface area contributed by atoms with E-state index in [-0.39, 0.29) is 0 Å². The Bertz CT molecular complexity index is 1310. The van der Waals surface area contributed by atoms with E-state index in [1.165, 1.54) is 12.8 Å². The van der Waals surface area contributed by atoms with Crippen LogP contribution in [0.15, 0.2) is 36.5 Å². The van der Waals surface area contributed by atoms with E-state index in [0.717, 1.165) is 72.9 Å². The monoisotopic (exact) mass is 458 g/mol. The molecule has 2 N–H and O–H groups in total. The summed E-state index contributed by atoms with van der Waals surface area (Å²) >= 11 is 0. The minimum absolute atomic E-state index is 0.615. The molecule has 9 heteroatoms. The van der Waals surface area contributed by atoms with E-state index < -0.39 is 0 Å². The molecular formula is C25H30N8O. The molecule has 0 aliphatic carbocycles. The van der Waals surface area contributed by atoms with Gasteiger partial charge in [0.2, 0.25) is 11.5 Å². The maximum absolute atomic E-state index is 6.00. The second-order valence-electron chi connectivity index (χ2n) is 9.10. The molecule has 1 fully saturated rings. The van der Waals surface area contributed by atoms with Gasteiger partial charge in [0.1, 0.15) is 18.0 Å². The van der Waals surface area contributed by atoms with Gasteiger partial charge in [-0.05, 0) is 50.4 Å².